The van der Waals surface area contributed by atoms with Crippen LogP contribution < -0.4 is 5.32 Å². The average molecular weight is 377 g/mol. The minimum atomic E-state index is -0.865. The SMILES string of the molecule is Cc1cccc(Cn2c(C)c(CNCc3ccccc3C)c(C(=O)O)c2C)c1. The third kappa shape index (κ3) is 4.18. The first-order chi connectivity index (χ1) is 13.4. The molecule has 4 heteroatoms. The van der Waals surface area contributed by atoms with Gasteiger partial charge in [-0.3, -0.25) is 0 Å². The second-order valence-corrected chi connectivity index (χ2v) is 7.43. The van der Waals surface area contributed by atoms with E-state index in [1.165, 1.54) is 22.3 Å². The molecule has 0 aliphatic rings. The average Bonchev–Trinajstić information content (AvgIpc) is 2.88. The standard InChI is InChI=1S/C24H28N2O2/c1-16-8-7-10-20(12-16)15-26-18(3)22(23(19(26)4)24(27)28)14-25-13-21-11-6-5-9-17(21)2/h5-12,25H,13-15H2,1-4H3,(H,27,28). The highest BCUT2D eigenvalue weighted by Crippen LogP contribution is 2.24. The normalized spacial score (nSPS) is 11.0. The first kappa shape index (κ1) is 19.9. The molecule has 0 saturated heterocycles. The fourth-order valence-corrected chi connectivity index (χ4v) is 3.81. The van der Waals surface area contributed by atoms with Crippen LogP contribution in [-0.2, 0) is 19.6 Å². The number of carboxylic acids is 1. The molecule has 0 aliphatic heterocycles. The molecule has 2 N–H and O–H groups in total. The van der Waals surface area contributed by atoms with Gasteiger partial charge < -0.3 is 15.0 Å². The Bertz CT molecular complexity index is 1000. The van der Waals surface area contributed by atoms with Crippen molar-refractivity contribution in [1.29, 1.82) is 0 Å². The molecule has 0 saturated carbocycles. The molecular formula is C24H28N2O2. The lowest BCUT2D eigenvalue weighted by atomic mass is 10.1. The number of nitrogens with one attached hydrogen (secondary N) is 1. The lowest BCUT2D eigenvalue weighted by molar-refractivity contribution is 0.0694. The number of aromatic nitrogens is 1. The van der Waals surface area contributed by atoms with Crippen LogP contribution in [0.25, 0.3) is 0 Å². The highest BCUT2D eigenvalue weighted by Gasteiger charge is 2.22. The predicted molar refractivity (Wildman–Crippen MR) is 113 cm³/mol. The molecule has 4 nitrogen and oxygen atoms in total. The summed E-state index contributed by atoms with van der Waals surface area (Å²) in [6.45, 7) is 10.0. The van der Waals surface area contributed by atoms with Gasteiger partial charge in [-0.05, 0) is 44.4 Å². The van der Waals surface area contributed by atoms with Crippen molar-refractivity contribution in [3.05, 3.63) is 93.3 Å². The lowest BCUT2D eigenvalue weighted by Crippen LogP contribution is -2.16. The summed E-state index contributed by atoms with van der Waals surface area (Å²) in [7, 11) is 0. The molecule has 2 aromatic carbocycles. The van der Waals surface area contributed by atoms with Crippen LogP contribution in [0.2, 0.25) is 0 Å². The number of hydrogen-bond donors (Lipinski definition) is 2. The van der Waals surface area contributed by atoms with Gasteiger partial charge in [0.1, 0.15) is 0 Å². The van der Waals surface area contributed by atoms with Crippen LogP contribution in [0.15, 0.2) is 48.5 Å². The third-order valence-electron chi connectivity index (χ3n) is 5.43. The molecule has 0 unspecified atom stereocenters. The summed E-state index contributed by atoms with van der Waals surface area (Å²) in [6.07, 6.45) is 0. The molecule has 0 bridgehead atoms. The van der Waals surface area contributed by atoms with Crippen molar-refractivity contribution >= 4 is 5.97 Å². The molecule has 28 heavy (non-hydrogen) atoms. The van der Waals surface area contributed by atoms with Gasteiger partial charge in [0, 0.05) is 36.6 Å². The van der Waals surface area contributed by atoms with Crippen molar-refractivity contribution in [1.82, 2.24) is 9.88 Å². The fourth-order valence-electron chi connectivity index (χ4n) is 3.81. The van der Waals surface area contributed by atoms with E-state index in [1.54, 1.807) is 0 Å². The molecule has 3 aromatic rings. The maximum Gasteiger partial charge on any atom is 0.337 e. The second-order valence-electron chi connectivity index (χ2n) is 7.43. The molecule has 0 fully saturated rings. The van der Waals surface area contributed by atoms with E-state index >= 15 is 0 Å². The Morgan fingerprint density at radius 3 is 2.39 bits per heavy atom. The van der Waals surface area contributed by atoms with Crippen molar-refractivity contribution in [3.8, 4) is 0 Å². The first-order valence-electron chi connectivity index (χ1n) is 9.61. The van der Waals surface area contributed by atoms with Gasteiger partial charge in [0.05, 0.1) is 5.56 Å². The minimum Gasteiger partial charge on any atom is -0.478 e. The number of hydrogen-bond acceptors (Lipinski definition) is 2. The van der Waals surface area contributed by atoms with Gasteiger partial charge in [-0.25, -0.2) is 4.79 Å². The van der Waals surface area contributed by atoms with E-state index in [4.69, 9.17) is 0 Å². The van der Waals surface area contributed by atoms with E-state index in [0.717, 1.165) is 17.0 Å². The predicted octanol–water partition coefficient (Wildman–Crippen LogP) is 4.76. The molecule has 1 heterocycles. The van der Waals surface area contributed by atoms with E-state index in [9.17, 15) is 9.90 Å². The second kappa shape index (κ2) is 8.44. The topological polar surface area (TPSA) is 54.3 Å². The van der Waals surface area contributed by atoms with Gasteiger partial charge in [0.25, 0.3) is 0 Å². The number of rotatable bonds is 7. The zero-order valence-corrected chi connectivity index (χ0v) is 17.0. The Morgan fingerprint density at radius 1 is 0.964 bits per heavy atom. The summed E-state index contributed by atoms with van der Waals surface area (Å²) in [6, 6.07) is 16.6. The van der Waals surface area contributed by atoms with Crippen LogP contribution in [0, 0.1) is 27.7 Å². The van der Waals surface area contributed by atoms with Crippen LogP contribution >= 0.6 is 0 Å². The number of nitrogens with zero attached hydrogens (tertiary/aromatic N) is 1. The maximum atomic E-state index is 12.0. The van der Waals surface area contributed by atoms with Crippen molar-refractivity contribution in [3.63, 3.8) is 0 Å². The molecule has 0 spiro atoms. The van der Waals surface area contributed by atoms with Gasteiger partial charge in [-0.2, -0.15) is 0 Å². The number of benzene rings is 2. The Hall–Kier alpha value is -2.85. The van der Waals surface area contributed by atoms with E-state index in [2.05, 4.69) is 54.1 Å². The number of aromatic carboxylic acids is 1. The molecule has 0 amide bonds. The van der Waals surface area contributed by atoms with Crippen molar-refractivity contribution in [2.24, 2.45) is 0 Å². The number of carboxylic acid groups (broad SMARTS) is 1. The summed E-state index contributed by atoms with van der Waals surface area (Å²) in [5.41, 5.74) is 7.95. The van der Waals surface area contributed by atoms with Crippen LogP contribution in [0.1, 0.15) is 49.6 Å². The summed E-state index contributed by atoms with van der Waals surface area (Å²) in [5.74, 6) is -0.865. The maximum absolute atomic E-state index is 12.0. The van der Waals surface area contributed by atoms with Crippen molar-refractivity contribution < 1.29 is 9.90 Å². The minimum absolute atomic E-state index is 0.419. The van der Waals surface area contributed by atoms with Crippen LogP contribution in [-0.4, -0.2) is 15.6 Å². The largest absolute Gasteiger partial charge is 0.478 e. The number of carbonyl (C=O) groups is 1. The van der Waals surface area contributed by atoms with E-state index in [0.29, 0.717) is 25.2 Å². The summed E-state index contributed by atoms with van der Waals surface area (Å²) in [5, 5.41) is 13.2. The Kier molecular flexibility index (Phi) is 6.00. The molecule has 146 valence electrons. The monoisotopic (exact) mass is 376 g/mol. The molecule has 0 atom stereocenters. The van der Waals surface area contributed by atoms with Crippen LogP contribution in [0.5, 0.6) is 0 Å². The molecule has 1 aromatic heterocycles. The third-order valence-corrected chi connectivity index (χ3v) is 5.43. The lowest BCUT2D eigenvalue weighted by Gasteiger charge is -2.11. The summed E-state index contributed by atoms with van der Waals surface area (Å²) < 4.78 is 2.11. The van der Waals surface area contributed by atoms with Gasteiger partial charge in [0.15, 0.2) is 0 Å². The van der Waals surface area contributed by atoms with Crippen molar-refractivity contribution in [2.75, 3.05) is 0 Å². The Labute approximate surface area is 166 Å². The highest BCUT2D eigenvalue weighted by atomic mass is 16.4. The van der Waals surface area contributed by atoms with Crippen LogP contribution in [0.3, 0.4) is 0 Å². The van der Waals surface area contributed by atoms with Gasteiger partial charge >= 0.3 is 5.97 Å². The molecular weight excluding hydrogens is 348 g/mol. The Morgan fingerprint density at radius 2 is 1.71 bits per heavy atom. The van der Waals surface area contributed by atoms with E-state index in [-0.39, 0.29) is 0 Å². The van der Waals surface area contributed by atoms with Crippen molar-refractivity contribution in [2.45, 2.75) is 47.3 Å². The molecule has 3 rings (SSSR count). The summed E-state index contributed by atoms with van der Waals surface area (Å²) in [4.78, 5) is 12.0. The first-order valence-corrected chi connectivity index (χ1v) is 9.61. The fraction of sp³-hybridized carbons (Fsp3) is 0.292. The highest BCUT2D eigenvalue weighted by molar-refractivity contribution is 5.91. The van der Waals surface area contributed by atoms with E-state index < -0.39 is 5.97 Å². The van der Waals surface area contributed by atoms with Crippen LogP contribution in [0.4, 0.5) is 0 Å². The summed E-state index contributed by atoms with van der Waals surface area (Å²) >= 11 is 0. The number of aryl methyl sites for hydroxylation is 2. The van der Waals surface area contributed by atoms with Gasteiger partial charge in [-0.15, -0.1) is 0 Å². The van der Waals surface area contributed by atoms with E-state index in [1.807, 2.05) is 32.0 Å². The quantitative estimate of drug-likeness (QED) is 0.625. The van der Waals surface area contributed by atoms with Gasteiger partial charge in [0.2, 0.25) is 0 Å². The smallest absolute Gasteiger partial charge is 0.337 e. The molecule has 0 aliphatic carbocycles. The Balaban J connectivity index is 1.86. The zero-order valence-electron chi connectivity index (χ0n) is 17.0. The van der Waals surface area contributed by atoms with Gasteiger partial charge in [-0.1, -0.05) is 54.1 Å². The molecule has 0 radical (unpaired) electrons. The zero-order chi connectivity index (χ0) is 20.3.